The van der Waals surface area contributed by atoms with Crippen molar-refractivity contribution in [3.8, 4) is 0 Å². The second kappa shape index (κ2) is 8.53. The van der Waals surface area contributed by atoms with E-state index in [2.05, 4.69) is 5.32 Å². The first-order valence-corrected chi connectivity index (χ1v) is 4.08. The van der Waals surface area contributed by atoms with Gasteiger partial charge in [0, 0.05) is 19.6 Å². The van der Waals surface area contributed by atoms with Crippen molar-refractivity contribution in [2.75, 3.05) is 13.2 Å². The fourth-order valence-corrected chi connectivity index (χ4v) is 0.736. The number of aliphatic hydroxyl groups excluding tert-OH is 1. The van der Waals surface area contributed by atoms with Gasteiger partial charge in [-0.1, -0.05) is 21.3 Å². The maximum absolute atomic E-state index is 10.7. The molecule has 3 heteroatoms. The van der Waals surface area contributed by atoms with Crippen molar-refractivity contribution < 1.29 is 9.90 Å². The highest BCUT2D eigenvalue weighted by Crippen LogP contribution is 1.97. The molecule has 1 atom stereocenters. The Morgan fingerprint density at radius 2 is 2.17 bits per heavy atom. The molecule has 0 aliphatic heterocycles. The van der Waals surface area contributed by atoms with Gasteiger partial charge >= 0.3 is 0 Å². The van der Waals surface area contributed by atoms with Crippen LogP contribution in [0, 0.1) is 5.92 Å². The number of aliphatic hydroxyl groups is 1. The Morgan fingerprint density at radius 3 is 2.58 bits per heavy atom. The van der Waals surface area contributed by atoms with E-state index in [1.54, 1.807) is 0 Å². The van der Waals surface area contributed by atoms with E-state index in [1.165, 1.54) is 0 Å². The zero-order valence-electron chi connectivity index (χ0n) is 7.26. The van der Waals surface area contributed by atoms with Crippen molar-refractivity contribution in [2.24, 2.45) is 5.92 Å². The Morgan fingerprint density at radius 1 is 1.58 bits per heavy atom. The van der Waals surface area contributed by atoms with Gasteiger partial charge in [-0.2, -0.15) is 0 Å². The summed E-state index contributed by atoms with van der Waals surface area (Å²) in [6.45, 7) is 4.70. The molecule has 2 N–H and O–H groups in total. The summed E-state index contributed by atoms with van der Waals surface area (Å²) in [5.41, 5.74) is 0. The van der Waals surface area contributed by atoms with Crippen molar-refractivity contribution in [1.82, 2.24) is 5.32 Å². The lowest BCUT2D eigenvalue weighted by atomic mass is 10.1. The van der Waals surface area contributed by atoms with Crippen LogP contribution in [0.1, 0.15) is 34.1 Å². The molecule has 0 aromatic carbocycles. The molecular formula is C9H21NO2. The average Bonchev–Trinajstić information content (AvgIpc) is 2.01. The first-order chi connectivity index (χ1) is 5.20. The maximum atomic E-state index is 10.7. The van der Waals surface area contributed by atoms with E-state index < -0.39 is 0 Å². The Balaban J connectivity index is 0. The van der Waals surface area contributed by atoms with Crippen LogP contribution in [0.15, 0.2) is 0 Å². The zero-order chi connectivity index (χ0) is 8.69. The van der Waals surface area contributed by atoms with Gasteiger partial charge in [0.05, 0.1) is 0 Å². The summed E-state index contributed by atoms with van der Waals surface area (Å²) in [6.07, 6.45) is 1.29. The predicted molar refractivity (Wildman–Crippen MR) is 50.9 cm³/mol. The molecule has 74 valence electrons. The Kier molecular flexibility index (Phi) is 9.93. The second-order valence-corrected chi connectivity index (χ2v) is 2.78. The van der Waals surface area contributed by atoms with Gasteiger partial charge in [0.1, 0.15) is 0 Å². The lowest BCUT2D eigenvalue weighted by Gasteiger charge is -2.09. The summed E-state index contributed by atoms with van der Waals surface area (Å²) in [6, 6.07) is 0. The van der Waals surface area contributed by atoms with Crippen LogP contribution in [-0.2, 0) is 4.79 Å². The minimum atomic E-state index is 0. The van der Waals surface area contributed by atoms with E-state index in [1.807, 2.05) is 13.8 Å². The van der Waals surface area contributed by atoms with Gasteiger partial charge in [-0.25, -0.2) is 0 Å². The maximum Gasteiger partial charge on any atom is 0.219 e. The second-order valence-electron chi connectivity index (χ2n) is 2.78. The van der Waals surface area contributed by atoms with Crippen molar-refractivity contribution in [3.63, 3.8) is 0 Å². The molecule has 1 unspecified atom stereocenters. The van der Waals surface area contributed by atoms with E-state index in [9.17, 15) is 4.79 Å². The summed E-state index contributed by atoms with van der Waals surface area (Å²) >= 11 is 0. The molecule has 1 amide bonds. The van der Waals surface area contributed by atoms with E-state index in [0.29, 0.717) is 18.9 Å². The highest BCUT2D eigenvalue weighted by atomic mass is 16.3. The van der Waals surface area contributed by atoms with Crippen LogP contribution in [0.4, 0.5) is 0 Å². The average molecular weight is 175 g/mol. The van der Waals surface area contributed by atoms with Crippen molar-refractivity contribution in [1.29, 1.82) is 0 Å². The van der Waals surface area contributed by atoms with Crippen molar-refractivity contribution >= 4 is 5.91 Å². The highest BCUT2D eigenvalue weighted by molar-refractivity contribution is 5.75. The number of carbonyl (C=O) groups excluding carboxylic acids is 1. The molecule has 3 nitrogen and oxygen atoms in total. The molecular weight excluding hydrogens is 154 g/mol. The van der Waals surface area contributed by atoms with E-state index >= 15 is 0 Å². The standard InChI is InChI=1S/C8H17NO2.CH4/c1-3-8(11)9-6-7(2)4-5-10;/h7,10H,3-6H2,1-2H3,(H,9,11);1H4. The lowest BCUT2D eigenvalue weighted by molar-refractivity contribution is -0.120. The Bertz CT molecular complexity index is 115. The fourth-order valence-electron chi connectivity index (χ4n) is 0.736. The number of rotatable bonds is 5. The molecule has 0 aromatic rings. The highest BCUT2D eigenvalue weighted by Gasteiger charge is 2.02. The van der Waals surface area contributed by atoms with Gasteiger partial charge in [0.2, 0.25) is 5.91 Å². The quantitative estimate of drug-likeness (QED) is 0.659. The first-order valence-electron chi connectivity index (χ1n) is 4.08. The largest absolute Gasteiger partial charge is 0.396 e. The molecule has 0 saturated carbocycles. The smallest absolute Gasteiger partial charge is 0.219 e. The van der Waals surface area contributed by atoms with Gasteiger partial charge in [-0.05, 0) is 12.3 Å². The van der Waals surface area contributed by atoms with Crippen LogP contribution in [0.2, 0.25) is 0 Å². The Hall–Kier alpha value is -0.570. The molecule has 0 heterocycles. The minimum Gasteiger partial charge on any atom is -0.396 e. The summed E-state index contributed by atoms with van der Waals surface area (Å²) in [7, 11) is 0. The lowest BCUT2D eigenvalue weighted by Crippen LogP contribution is -2.27. The van der Waals surface area contributed by atoms with Gasteiger partial charge in [-0.3, -0.25) is 4.79 Å². The third-order valence-corrected chi connectivity index (χ3v) is 1.59. The molecule has 0 spiro atoms. The fraction of sp³-hybridized carbons (Fsp3) is 0.889. The van der Waals surface area contributed by atoms with Gasteiger partial charge in [0.15, 0.2) is 0 Å². The molecule has 0 fully saturated rings. The monoisotopic (exact) mass is 175 g/mol. The Labute approximate surface area is 75.2 Å². The third-order valence-electron chi connectivity index (χ3n) is 1.59. The molecule has 12 heavy (non-hydrogen) atoms. The van der Waals surface area contributed by atoms with Crippen LogP contribution < -0.4 is 5.32 Å². The van der Waals surface area contributed by atoms with E-state index in [4.69, 9.17) is 5.11 Å². The number of carbonyl (C=O) groups is 1. The number of hydrogen-bond donors (Lipinski definition) is 2. The van der Waals surface area contributed by atoms with Gasteiger partial charge in [0.25, 0.3) is 0 Å². The molecule has 0 rings (SSSR count). The summed E-state index contributed by atoms with van der Waals surface area (Å²) in [5.74, 6) is 0.449. The summed E-state index contributed by atoms with van der Waals surface area (Å²) < 4.78 is 0. The molecule has 0 saturated heterocycles. The summed E-state index contributed by atoms with van der Waals surface area (Å²) in [5, 5.41) is 11.3. The SMILES string of the molecule is C.CCC(=O)NCC(C)CCO. The van der Waals surface area contributed by atoms with Crippen LogP contribution in [0.5, 0.6) is 0 Å². The minimum absolute atomic E-state index is 0. The number of nitrogens with one attached hydrogen (secondary N) is 1. The summed E-state index contributed by atoms with van der Waals surface area (Å²) in [4.78, 5) is 10.7. The molecule has 0 aliphatic rings. The van der Waals surface area contributed by atoms with Crippen LogP contribution in [0.3, 0.4) is 0 Å². The number of hydrogen-bond acceptors (Lipinski definition) is 2. The normalized spacial score (nSPS) is 11.6. The van der Waals surface area contributed by atoms with Gasteiger partial charge < -0.3 is 10.4 Å². The van der Waals surface area contributed by atoms with E-state index in [0.717, 1.165) is 6.42 Å². The molecule has 0 bridgehead atoms. The third kappa shape index (κ3) is 7.54. The van der Waals surface area contributed by atoms with Gasteiger partial charge in [-0.15, -0.1) is 0 Å². The topological polar surface area (TPSA) is 49.3 Å². The van der Waals surface area contributed by atoms with Crippen LogP contribution in [-0.4, -0.2) is 24.2 Å². The van der Waals surface area contributed by atoms with Crippen LogP contribution >= 0.6 is 0 Å². The first kappa shape index (κ1) is 14.0. The molecule has 0 aromatic heterocycles. The zero-order valence-corrected chi connectivity index (χ0v) is 7.26. The van der Waals surface area contributed by atoms with Crippen molar-refractivity contribution in [2.45, 2.75) is 34.1 Å². The molecule has 0 radical (unpaired) electrons. The number of amides is 1. The van der Waals surface area contributed by atoms with Crippen LogP contribution in [0.25, 0.3) is 0 Å². The predicted octanol–water partition coefficient (Wildman–Crippen LogP) is 1.17. The molecule has 0 aliphatic carbocycles. The van der Waals surface area contributed by atoms with E-state index in [-0.39, 0.29) is 19.9 Å². The van der Waals surface area contributed by atoms with Crippen molar-refractivity contribution in [3.05, 3.63) is 0 Å².